The van der Waals surface area contributed by atoms with Gasteiger partial charge in [0.2, 0.25) is 0 Å². The Labute approximate surface area is 107 Å². The molecular formula is C12H10N2O5. The van der Waals surface area contributed by atoms with E-state index in [0.717, 1.165) is 0 Å². The average molecular weight is 262 g/mol. The molecule has 1 amide bonds. The second-order valence-electron chi connectivity index (χ2n) is 4.07. The quantitative estimate of drug-likeness (QED) is 0.627. The molecule has 1 aliphatic rings. The molecule has 1 atom stereocenters. The van der Waals surface area contributed by atoms with Gasteiger partial charge in [-0.1, -0.05) is 0 Å². The number of carbonyl (C=O) groups is 2. The lowest BCUT2D eigenvalue weighted by atomic mass is 9.97. The van der Waals surface area contributed by atoms with Crippen LogP contribution in [0.15, 0.2) is 35.6 Å². The molecule has 2 N–H and O–H groups in total. The average Bonchev–Trinajstić information content (AvgIpc) is 2.66. The van der Waals surface area contributed by atoms with Gasteiger partial charge in [0, 0.05) is 12.1 Å². The molecule has 0 aromatic heterocycles. The molecule has 0 saturated carbocycles. The van der Waals surface area contributed by atoms with E-state index in [-0.39, 0.29) is 11.3 Å². The van der Waals surface area contributed by atoms with Crippen LogP contribution in [-0.2, 0) is 9.59 Å². The monoisotopic (exact) mass is 262 g/mol. The lowest BCUT2D eigenvalue weighted by molar-refractivity contribution is -0.384. The number of amides is 1. The third-order valence-corrected chi connectivity index (χ3v) is 2.85. The molecule has 1 aliphatic heterocycles. The highest BCUT2D eigenvalue weighted by atomic mass is 16.6. The van der Waals surface area contributed by atoms with E-state index in [2.05, 4.69) is 5.32 Å². The van der Waals surface area contributed by atoms with Crippen LogP contribution in [0.3, 0.4) is 0 Å². The Morgan fingerprint density at radius 1 is 1.37 bits per heavy atom. The fraction of sp³-hybridized carbons (Fsp3) is 0.167. The molecule has 2 rings (SSSR count). The Kier molecular flexibility index (Phi) is 3.04. The summed E-state index contributed by atoms with van der Waals surface area (Å²) in [5, 5.41) is 22.5. The summed E-state index contributed by atoms with van der Waals surface area (Å²) in [6.45, 7) is 1.24. The van der Waals surface area contributed by atoms with Gasteiger partial charge < -0.3 is 10.4 Å². The highest BCUT2D eigenvalue weighted by Gasteiger charge is 2.35. The second kappa shape index (κ2) is 4.52. The summed E-state index contributed by atoms with van der Waals surface area (Å²) in [7, 11) is 0. The number of benzene rings is 1. The Morgan fingerprint density at radius 2 is 1.95 bits per heavy atom. The summed E-state index contributed by atoms with van der Waals surface area (Å²) in [6, 6.07) is 4.64. The molecule has 7 heteroatoms. The highest BCUT2D eigenvalue weighted by molar-refractivity contribution is 6.08. The topological polar surface area (TPSA) is 110 Å². The molecule has 1 aromatic rings. The van der Waals surface area contributed by atoms with Crippen LogP contribution in [-0.4, -0.2) is 21.7 Å². The van der Waals surface area contributed by atoms with Gasteiger partial charge in [-0.25, -0.2) is 0 Å². The number of nitro benzene ring substituents is 1. The van der Waals surface area contributed by atoms with Crippen molar-refractivity contribution in [1.82, 2.24) is 5.32 Å². The van der Waals surface area contributed by atoms with E-state index in [9.17, 15) is 24.8 Å². The number of hydrogen-bond acceptors (Lipinski definition) is 5. The van der Waals surface area contributed by atoms with E-state index in [0.29, 0.717) is 5.56 Å². The van der Waals surface area contributed by atoms with Crippen LogP contribution in [0.2, 0.25) is 0 Å². The number of carbonyl (C=O) groups excluding carboxylic acids is 2. The predicted octanol–water partition coefficient (Wildman–Crippen LogP) is 1.17. The SMILES string of the molecule is CC(=O)C1=C(O)C(=O)NC1c1ccc([N+](=O)[O-])cc1. The highest BCUT2D eigenvalue weighted by Crippen LogP contribution is 2.30. The molecule has 0 aliphatic carbocycles. The van der Waals surface area contributed by atoms with E-state index in [1.807, 2.05) is 0 Å². The van der Waals surface area contributed by atoms with Gasteiger partial charge in [-0.3, -0.25) is 19.7 Å². The third-order valence-electron chi connectivity index (χ3n) is 2.85. The molecule has 1 aromatic carbocycles. The standard InChI is InChI=1S/C12H10N2O5/c1-6(15)9-10(13-12(17)11(9)16)7-2-4-8(5-3-7)14(18)19/h2-5,10,16H,1H3,(H,13,17). The first kappa shape index (κ1) is 12.7. The third kappa shape index (κ3) is 2.17. The maximum atomic E-state index is 11.4. The number of non-ortho nitro benzene ring substituents is 1. The summed E-state index contributed by atoms with van der Waals surface area (Å²) in [6.07, 6.45) is 0. The van der Waals surface area contributed by atoms with Crippen LogP contribution in [0.4, 0.5) is 5.69 Å². The van der Waals surface area contributed by atoms with Crippen molar-refractivity contribution in [2.45, 2.75) is 13.0 Å². The first-order chi connectivity index (χ1) is 8.91. The van der Waals surface area contributed by atoms with E-state index in [4.69, 9.17) is 0 Å². The van der Waals surface area contributed by atoms with Crippen molar-refractivity contribution in [3.63, 3.8) is 0 Å². The Bertz CT molecular complexity index is 603. The Morgan fingerprint density at radius 3 is 2.42 bits per heavy atom. The lowest BCUT2D eigenvalue weighted by Gasteiger charge is -2.12. The molecule has 1 heterocycles. The largest absolute Gasteiger partial charge is 0.503 e. The summed E-state index contributed by atoms with van der Waals surface area (Å²) in [5.74, 6) is -1.76. The normalized spacial score (nSPS) is 18.4. The van der Waals surface area contributed by atoms with Crippen LogP contribution in [0, 0.1) is 10.1 Å². The van der Waals surface area contributed by atoms with Crippen LogP contribution < -0.4 is 5.32 Å². The smallest absolute Gasteiger partial charge is 0.287 e. The molecule has 19 heavy (non-hydrogen) atoms. The second-order valence-corrected chi connectivity index (χ2v) is 4.07. The van der Waals surface area contributed by atoms with Gasteiger partial charge in [0.25, 0.3) is 11.6 Å². The van der Waals surface area contributed by atoms with Gasteiger partial charge in [-0.05, 0) is 24.6 Å². The van der Waals surface area contributed by atoms with Crippen molar-refractivity contribution in [3.05, 3.63) is 51.3 Å². The minimum absolute atomic E-state index is 0.0288. The van der Waals surface area contributed by atoms with Gasteiger partial charge in [-0.15, -0.1) is 0 Å². The predicted molar refractivity (Wildman–Crippen MR) is 64.3 cm³/mol. The molecule has 0 spiro atoms. The van der Waals surface area contributed by atoms with Crippen LogP contribution in [0.1, 0.15) is 18.5 Å². The van der Waals surface area contributed by atoms with E-state index >= 15 is 0 Å². The van der Waals surface area contributed by atoms with E-state index in [1.165, 1.54) is 31.2 Å². The zero-order valence-electron chi connectivity index (χ0n) is 9.91. The number of nitrogens with one attached hydrogen (secondary N) is 1. The molecule has 0 radical (unpaired) electrons. The number of Topliss-reactive ketones (excluding diaryl/α,β-unsaturated/α-hetero) is 1. The minimum atomic E-state index is -0.772. The summed E-state index contributed by atoms with van der Waals surface area (Å²) in [5.41, 5.74) is 0.373. The van der Waals surface area contributed by atoms with Crippen molar-refractivity contribution in [3.8, 4) is 0 Å². The molecular weight excluding hydrogens is 252 g/mol. The van der Waals surface area contributed by atoms with Crippen molar-refractivity contribution >= 4 is 17.4 Å². The minimum Gasteiger partial charge on any atom is -0.503 e. The van der Waals surface area contributed by atoms with Crippen molar-refractivity contribution in [2.75, 3.05) is 0 Å². The molecule has 1 unspecified atom stereocenters. The van der Waals surface area contributed by atoms with E-state index in [1.54, 1.807) is 0 Å². The zero-order valence-corrected chi connectivity index (χ0v) is 9.91. The number of hydrogen-bond donors (Lipinski definition) is 2. The molecule has 7 nitrogen and oxygen atoms in total. The van der Waals surface area contributed by atoms with Crippen molar-refractivity contribution < 1.29 is 19.6 Å². The Hall–Kier alpha value is -2.70. The number of aliphatic hydroxyl groups is 1. The fourth-order valence-electron chi connectivity index (χ4n) is 1.94. The first-order valence-electron chi connectivity index (χ1n) is 5.41. The number of aliphatic hydroxyl groups excluding tert-OH is 1. The van der Waals surface area contributed by atoms with Crippen molar-refractivity contribution in [1.29, 1.82) is 0 Å². The number of nitrogens with zero attached hydrogens (tertiary/aromatic N) is 1. The number of nitro groups is 1. The van der Waals surface area contributed by atoms with Crippen LogP contribution in [0.25, 0.3) is 0 Å². The maximum Gasteiger partial charge on any atom is 0.287 e. The van der Waals surface area contributed by atoms with E-state index < -0.39 is 28.4 Å². The van der Waals surface area contributed by atoms with Gasteiger partial charge >= 0.3 is 0 Å². The first-order valence-corrected chi connectivity index (χ1v) is 5.41. The molecule has 0 saturated heterocycles. The Balaban J connectivity index is 2.40. The summed E-state index contributed by atoms with van der Waals surface area (Å²) < 4.78 is 0. The van der Waals surface area contributed by atoms with Gasteiger partial charge in [0.1, 0.15) is 0 Å². The van der Waals surface area contributed by atoms with Crippen LogP contribution in [0.5, 0.6) is 0 Å². The number of rotatable bonds is 3. The number of ketones is 1. The fourth-order valence-corrected chi connectivity index (χ4v) is 1.94. The molecule has 0 bridgehead atoms. The summed E-state index contributed by atoms with van der Waals surface area (Å²) >= 11 is 0. The molecule has 98 valence electrons. The molecule has 0 fully saturated rings. The van der Waals surface area contributed by atoms with Crippen molar-refractivity contribution in [2.24, 2.45) is 0 Å². The zero-order chi connectivity index (χ0) is 14.2. The lowest BCUT2D eigenvalue weighted by Crippen LogP contribution is -2.23. The van der Waals surface area contributed by atoms with Gasteiger partial charge in [0.05, 0.1) is 16.5 Å². The summed E-state index contributed by atoms with van der Waals surface area (Å²) in [4.78, 5) is 32.8. The van der Waals surface area contributed by atoms with Crippen LogP contribution >= 0.6 is 0 Å². The van der Waals surface area contributed by atoms with Gasteiger partial charge in [0.15, 0.2) is 11.5 Å². The maximum absolute atomic E-state index is 11.4. The van der Waals surface area contributed by atoms with Gasteiger partial charge in [-0.2, -0.15) is 0 Å².